The topological polar surface area (TPSA) is 44.6 Å². The molecule has 1 rings (SSSR count). The predicted molar refractivity (Wildman–Crippen MR) is 66.1 cm³/mol. The predicted octanol–water partition coefficient (Wildman–Crippen LogP) is 1.62. The standard InChI is InChI=1S/C11H16N2OS/c1-12-11(13-2)15-8-10-5-3-9(7-14)4-6-10/h3-6,14H,7-8H2,1-2H3,(H,12,13). The molecule has 0 atom stereocenters. The van der Waals surface area contributed by atoms with Crippen LogP contribution in [-0.4, -0.2) is 24.4 Å². The maximum absolute atomic E-state index is 8.89. The van der Waals surface area contributed by atoms with Crippen LogP contribution in [0.15, 0.2) is 29.3 Å². The highest BCUT2D eigenvalue weighted by atomic mass is 32.2. The first kappa shape index (κ1) is 12.1. The average molecular weight is 224 g/mol. The van der Waals surface area contributed by atoms with Crippen LogP contribution in [0.4, 0.5) is 0 Å². The van der Waals surface area contributed by atoms with Gasteiger partial charge in [0.25, 0.3) is 0 Å². The second-order valence-electron chi connectivity index (χ2n) is 3.04. The van der Waals surface area contributed by atoms with Crippen molar-refractivity contribution in [1.82, 2.24) is 5.32 Å². The SMILES string of the molecule is CN=C(NC)SCc1ccc(CO)cc1. The van der Waals surface area contributed by atoms with Gasteiger partial charge in [0, 0.05) is 19.8 Å². The fourth-order valence-electron chi connectivity index (χ4n) is 1.14. The Morgan fingerprint density at radius 3 is 2.40 bits per heavy atom. The molecule has 0 saturated carbocycles. The molecule has 4 heteroatoms. The highest BCUT2D eigenvalue weighted by Crippen LogP contribution is 2.13. The molecular weight excluding hydrogens is 208 g/mol. The van der Waals surface area contributed by atoms with Crippen LogP contribution in [-0.2, 0) is 12.4 Å². The molecular formula is C11H16N2OS. The minimum Gasteiger partial charge on any atom is -0.392 e. The van der Waals surface area contributed by atoms with E-state index in [0.29, 0.717) is 0 Å². The van der Waals surface area contributed by atoms with E-state index in [9.17, 15) is 0 Å². The van der Waals surface area contributed by atoms with Crippen molar-refractivity contribution < 1.29 is 5.11 Å². The molecule has 15 heavy (non-hydrogen) atoms. The summed E-state index contributed by atoms with van der Waals surface area (Å²) in [5.74, 6) is 0.888. The van der Waals surface area contributed by atoms with E-state index in [-0.39, 0.29) is 6.61 Å². The van der Waals surface area contributed by atoms with Gasteiger partial charge < -0.3 is 10.4 Å². The number of amidine groups is 1. The Bertz CT molecular complexity index is 322. The fourth-order valence-corrected chi connectivity index (χ4v) is 1.91. The molecule has 0 amide bonds. The number of thioether (sulfide) groups is 1. The first-order valence-electron chi connectivity index (χ1n) is 4.76. The first-order chi connectivity index (χ1) is 7.30. The van der Waals surface area contributed by atoms with Crippen molar-refractivity contribution in [3.63, 3.8) is 0 Å². The zero-order valence-electron chi connectivity index (χ0n) is 9.03. The van der Waals surface area contributed by atoms with Crippen LogP contribution in [0.1, 0.15) is 11.1 Å². The minimum absolute atomic E-state index is 0.103. The highest BCUT2D eigenvalue weighted by molar-refractivity contribution is 8.13. The molecule has 3 nitrogen and oxygen atoms in total. The van der Waals surface area contributed by atoms with Gasteiger partial charge in [-0.15, -0.1) is 0 Å². The van der Waals surface area contributed by atoms with E-state index in [2.05, 4.69) is 10.3 Å². The number of aliphatic hydroxyl groups is 1. The molecule has 0 unspecified atom stereocenters. The first-order valence-corrected chi connectivity index (χ1v) is 5.74. The van der Waals surface area contributed by atoms with E-state index in [1.54, 1.807) is 18.8 Å². The van der Waals surface area contributed by atoms with Gasteiger partial charge in [-0.2, -0.15) is 0 Å². The van der Waals surface area contributed by atoms with Crippen LogP contribution >= 0.6 is 11.8 Å². The van der Waals surface area contributed by atoms with Crippen molar-refractivity contribution >= 4 is 16.9 Å². The maximum atomic E-state index is 8.89. The lowest BCUT2D eigenvalue weighted by Crippen LogP contribution is -2.13. The number of aliphatic hydroxyl groups excluding tert-OH is 1. The normalized spacial score (nSPS) is 11.5. The molecule has 1 aromatic rings. The van der Waals surface area contributed by atoms with Crippen molar-refractivity contribution in [2.24, 2.45) is 4.99 Å². The molecule has 0 spiro atoms. The summed E-state index contributed by atoms with van der Waals surface area (Å²) in [7, 11) is 3.64. The lowest BCUT2D eigenvalue weighted by Gasteiger charge is -2.04. The molecule has 0 aliphatic rings. The third-order valence-electron chi connectivity index (χ3n) is 2.00. The Morgan fingerprint density at radius 2 is 1.93 bits per heavy atom. The number of aliphatic imine (C=N–C) groups is 1. The van der Waals surface area contributed by atoms with Gasteiger partial charge in [0.1, 0.15) is 0 Å². The molecule has 0 radical (unpaired) electrons. The Kier molecular flexibility index (Phi) is 5.21. The summed E-state index contributed by atoms with van der Waals surface area (Å²) in [6.07, 6.45) is 0. The number of nitrogens with zero attached hydrogens (tertiary/aromatic N) is 1. The second-order valence-corrected chi connectivity index (χ2v) is 4.01. The highest BCUT2D eigenvalue weighted by Gasteiger charge is 1.98. The van der Waals surface area contributed by atoms with Gasteiger partial charge in [-0.25, -0.2) is 0 Å². The minimum atomic E-state index is 0.103. The summed E-state index contributed by atoms with van der Waals surface area (Å²) in [6, 6.07) is 7.94. The van der Waals surface area contributed by atoms with E-state index in [4.69, 9.17) is 5.11 Å². The van der Waals surface area contributed by atoms with Crippen LogP contribution in [0.3, 0.4) is 0 Å². The third-order valence-corrected chi connectivity index (χ3v) is 3.14. The fraction of sp³-hybridized carbons (Fsp3) is 0.364. The van der Waals surface area contributed by atoms with Gasteiger partial charge in [0.05, 0.1) is 6.61 Å². The van der Waals surface area contributed by atoms with Gasteiger partial charge in [0.15, 0.2) is 5.17 Å². The summed E-state index contributed by atoms with van der Waals surface area (Å²) < 4.78 is 0. The molecule has 0 bridgehead atoms. The molecule has 2 N–H and O–H groups in total. The Labute approximate surface area is 94.6 Å². The zero-order valence-corrected chi connectivity index (χ0v) is 9.84. The van der Waals surface area contributed by atoms with Crippen molar-refractivity contribution in [1.29, 1.82) is 0 Å². The summed E-state index contributed by atoms with van der Waals surface area (Å²) in [6.45, 7) is 0.103. The maximum Gasteiger partial charge on any atom is 0.156 e. The summed E-state index contributed by atoms with van der Waals surface area (Å²) in [4.78, 5) is 4.08. The smallest absolute Gasteiger partial charge is 0.156 e. The number of rotatable bonds is 3. The van der Waals surface area contributed by atoms with Crippen molar-refractivity contribution in [2.75, 3.05) is 14.1 Å². The lowest BCUT2D eigenvalue weighted by atomic mass is 10.2. The monoisotopic (exact) mass is 224 g/mol. The Balaban J connectivity index is 2.51. The van der Waals surface area contributed by atoms with E-state index < -0.39 is 0 Å². The van der Waals surface area contributed by atoms with Crippen LogP contribution in [0.2, 0.25) is 0 Å². The Hall–Kier alpha value is -1.00. The van der Waals surface area contributed by atoms with Crippen LogP contribution in [0, 0.1) is 0 Å². The van der Waals surface area contributed by atoms with Crippen molar-refractivity contribution in [3.8, 4) is 0 Å². The number of nitrogens with one attached hydrogen (secondary N) is 1. The van der Waals surface area contributed by atoms with Gasteiger partial charge in [0.2, 0.25) is 0 Å². The van der Waals surface area contributed by atoms with E-state index in [1.165, 1.54) is 5.56 Å². The summed E-state index contributed by atoms with van der Waals surface area (Å²) in [5, 5.41) is 12.8. The third kappa shape index (κ3) is 3.93. The van der Waals surface area contributed by atoms with E-state index in [0.717, 1.165) is 16.5 Å². The molecule has 0 saturated heterocycles. The van der Waals surface area contributed by atoms with Crippen LogP contribution in [0.25, 0.3) is 0 Å². The van der Waals surface area contributed by atoms with Crippen LogP contribution < -0.4 is 5.32 Å². The van der Waals surface area contributed by atoms with Gasteiger partial charge in [-0.3, -0.25) is 4.99 Å². The zero-order chi connectivity index (χ0) is 11.1. The Morgan fingerprint density at radius 1 is 1.33 bits per heavy atom. The largest absolute Gasteiger partial charge is 0.392 e. The number of hydrogen-bond donors (Lipinski definition) is 2. The average Bonchev–Trinajstić information content (AvgIpc) is 2.31. The molecule has 82 valence electrons. The van der Waals surface area contributed by atoms with Crippen molar-refractivity contribution in [3.05, 3.63) is 35.4 Å². The molecule has 0 heterocycles. The van der Waals surface area contributed by atoms with E-state index >= 15 is 0 Å². The number of hydrogen-bond acceptors (Lipinski definition) is 3. The molecule has 0 aromatic heterocycles. The molecule has 1 aromatic carbocycles. The van der Waals surface area contributed by atoms with E-state index in [1.807, 2.05) is 31.3 Å². The van der Waals surface area contributed by atoms with Crippen LogP contribution in [0.5, 0.6) is 0 Å². The van der Waals surface area contributed by atoms with Gasteiger partial charge in [-0.05, 0) is 11.1 Å². The summed E-state index contributed by atoms with van der Waals surface area (Å²) in [5.41, 5.74) is 2.18. The van der Waals surface area contributed by atoms with Crippen molar-refractivity contribution in [2.45, 2.75) is 12.4 Å². The van der Waals surface area contributed by atoms with Gasteiger partial charge >= 0.3 is 0 Å². The summed E-state index contributed by atoms with van der Waals surface area (Å²) >= 11 is 1.66. The number of benzene rings is 1. The molecule has 0 aliphatic carbocycles. The lowest BCUT2D eigenvalue weighted by molar-refractivity contribution is 0.282. The quantitative estimate of drug-likeness (QED) is 0.606. The molecule has 0 fully saturated rings. The second kappa shape index (κ2) is 6.48. The van der Waals surface area contributed by atoms with Gasteiger partial charge in [-0.1, -0.05) is 36.0 Å². The molecule has 0 aliphatic heterocycles.